The van der Waals surface area contributed by atoms with Gasteiger partial charge in [-0.1, -0.05) is 0 Å². The van der Waals surface area contributed by atoms with Gasteiger partial charge in [-0.15, -0.1) is 0 Å². The molecule has 1 aliphatic rings. The van der Waals surface area contributed by atoms with Gasteiger partial charge in [-0.2, -0.15) is 5.10 Å². The van der Waals surface area contributed by atoms with Gasteiger partial charge in [-0.05, 0) is 25.0 Å². The summed E-state index contributed by atoms with van der Waals surface area (Å²) >= 11 is 0. The molecule has 0 amide bonds. The van der Waals surface area contributed by atoms with Crippen LogP contribution in [0.3, 0.4) is 0 Å². The summed E-state index contributed by atoms with van der Waals surface area (Å²) in [6.45, 7) is 2.82. The fraction of sp³-hybridized carbons (Fsp3) is 0.529. The Kier molecular flexibility index (Phi) is 5.08. The molecule has 24 heavy (non-hydrogen) atoms. The van der Waals surface area contributed by atoms with Crippen LogP contribution < -0.4 is 15.5 Å². The summed E-state index contributed by atoms with van der Waals surface area (Å²) in [5.74, 6) is 0.856. The van der Waals surface area contributed by atoms with Crippen LogP contribution in [0, 0.1) is 0 Å². The zero-order valence-electron chi connectivity index (χ0n) is 14.7. The average molecular weight is 329 g/mol. The van der Waals surface area contributed by atoms with Crippen molar-refractivity contribution >= 4 is 11.6 Å². The maximum atomic E-state index is 4.36. The number of anilines is 1. The lowest BCUT2D eigenvalue weighted by Crippen LogP contribution is -2.51. The van der Waals surface area contributed by atoms with Crippen LogP contribution >= 0.6 is 0 Å². The van der Waals surface area contributed by atoms with Crippen molar-refractivity contribution in [3.8, 4) is 0 Å². The molecular formula is C17H27N7. The number of hydrogen-bond acceptors (Lipinski definition) is 3. The van der Waals surface area contributed by atoms with Crippen molar-refractivity contribution < 1.29 is 0 Å². The van der Waals surface area contributed by atoms with E-state index in [-0.39, 0.29) is 0 Å². The minimum absolute atomic E-state index is 0.388. The lowest BCUT2D eigenvalue weighted by Gasteiger charge is -2.34. The molecule has 130 valence electrons. The van der Waals surface area contributed by atoms with Gasteiger partial charge in [0.2, 0.25) is 0 Å². The van der Waals surface area contributed by atoms with Crippen molar-refractivity contribution in [1.82, 2.24) is 25.0 Å². The first-order valence-corrected chi connectivity index (χ1v) is 8.46. The van der Waals surface area contributed by atoms with Crippen LogP contribution in [0.25, 0.3) is 0 Å². The minimum atomic E-state index is 0.388. The van der Waals surface area contributed by atoms with E-state index >= 15 is 0 Å². The second-order valence-corrected chi connectivity index (χ2v) is 6.34. The smallest absolute Gasteiger partial charge is 0.191 e. The third kappa shape index (κ3) is 3.90. The molecule has 0 radical (unpaired) electrons. The fourth-order valence-electron chi connectivity index (χ4n) is 3.14. The number of nitrogens with zero attached hydrogens (tertiary/aromatic N) is 5. The third-order valence-electron chi connectivity index (χ3n) is 4.53. The minimum Gasteiger partial charge on any atom is -0.367 e. The average Bonchev–Trinajstić information content (AvgIpc) is 3.20. The fourth-order valence-corrected chi connectivity index (χ4v) is 3.14. The zero-order chi connectivity index (χ0) is 16.9. The van der Waals surface area contributed by atoms with Crippen LogP contribution in [-0.4, -0.2) is 46.5 Å². The van der Waals surface area contributed by atoms with Gasteiger partial charge in [-0.25, -0.2) is 0 Å². The van der Waals surface area contributed by atoms with E-state index in [0.717, 1.165) is 32.0 Å². The molecule has 7 heteroatoms. The molecule has 1 aliphatic heterocycles. The molecule has 0 saturated carbocycles. The molecule has 0 aromatic carbocycles. The van der Waals surface area contributed by atoms with Gasteiger partial charge in [0.15, 0.2) is 5.96 Å². The van der Waals surface area contributed by atoms with Crippen molar-refractivity contribution in [3.63, 3.8) is 0 Å². The van der Waals surface area contributed by atoms with E-state index in [4.69, 9.17) is 0 Å². The second-order valence-electron chi connectivity index (χ2n) is 6.34. The summed E-state index contributed by atoms with van der Waals surface area (Å²) in [5.41, 5.74) is 2.43. The Bertz CT molecular complexity index is 685. The van der Waals surface area contributed by atoms with Crippen molar-refractivity contribution in [1.29, 1.82) is 0 Å². The molecule has 1 atom stereocenters. The van der Waals surface area contributed by atoms with Crippen LogP contribution in [0.2, 0.25) is 0 Å². The Morgan fingerprint density at radius 2 is 2.29 bits per heavy atom. The summed E-state index contributed by atoms with van der Waals surface area (Å²) in [5, 5.41) is 11.2. The summed E-state index contributed by atoms with van der Waals surface area (Å²) < 4.78 is 3.97. The van der Waals surface area contributed by atoms with Crippen molar-refractivity contribution in [2.24, 2.45) is 19.1 Å². The van der Waals surface area contributed by atoms with E-state index in [9.17, 15) is 0 Å². The molecule has 0 bridgehead atoms. The summed E-state index contributed by atoms with van der Waals surface area (Å²) in [6, 6.07) is 4.56. The first kappa shape index (κ1) is 16.4. The molecule has 2 aromatic rings. The first-order valence-electron chi connectivity index (χ1n) is 8.46. The molecule has 2 N–H and O–H groups in total. The van der Waals surface area contributed by atoms with E-state index in [1.807, 2.05) is 25.0 Å². The van der Waals surface area contributed by atoms with Gasteiger partial charge >= 0.3 is 0 Å². The molecule has 3 rings (SSSR count). The highest BCUT2D eigenvalue weighted by atomic mass is 15.3. The SMILES string of the molecule is CN=C(NCc1cccn1C)NC1CCCN(c2cnn(C)c2)C1. The molecule has 7 nitrogen and oxygen atoms in total. The number of aryl methyl sites for hydroxylation is 2. The van der Waals surface area contributed by atoms with Gasteiger partial charge < -0.3 is 20.1 Å². The molecular weight excluding hydrogens is 302 g/mol. The number of piperidine rings is 1. The highest BCUT2D eigenvalue weighted by Crippen LogP contribution is 2.18. The van der Waals surface area contributed by atoms with Crippen LogP contribution in [0.5, 0.6) is 0 Å². The van der Waals surface area contributed by atoms with Crippen LogP contribution in [0.15, 0.2) is 35.7 Å². The summed E-state index contributed by atoms with van der Waals surface area (Å²) in [6.07, 6.45) is 8.39. The Morgan fingerprint density at radius 3 is 2.96 bits per heavy atom. The monoisotopic (exact) mass is 329 g/mol. The first-order chi connectivity index (χ1) is 11.7. The van der Waals surface area contributed by atoms with Crippen LogP contribution in [0.4, 0.5) is 5.69 Å². The number of aromatic nitrogens is 3. The Labute approximate surface area is 143 Å². The highest BCUT2D eigenvalue weighted by molar-refractivity contribution is 5.80. The summed E-state index contributed by atoms with van der Waals surface area (Å²) in [7, 11) is 5.83. The Balaban J connectivity index is 1.54. The predicted molar refractivity (Wildman–Crippen MR) is 97.2 cm³/mol. The van der Waals surface area contributed by atoms with Crippen LogP contribution in [-0.2, 0) is 20.6 Å². The molecule has 1 saturated heterocycles. The van der Waals surface area contributed by atoms with Crippen molar-refractivity contribution in [3.05, 3.63) is 36.4 Å². The number of hydrogen-bond donors (Lipinski definition) is 2. The van der Waals surface area contributed by atoms with E-state index in [1.165, 1.54) is 17.8 Å². The quantitative estimate of drug-likeness (QED) is 0.651. The van der Waals surface area contributed by atoms with Gasteiger partial charge in [-0.3, -0.25) is 9.67 Å². The number of aliphatic imine (C=N–C) groups is 1. The maximum absolute atomic E-state index is 4.36. The van der Waals surface area contributed by atoms with Gasteiger partial charge in [0, 0.05) is 58.4 Å². The normalized spacial score (nSPS) is 18.7. The van der Waals surface area contributed by atoms with E-state index in [2.05, 4.69) is 61.8 Å². The van der Waals surface area contributed by atoms with Crippen molar-refractivity contribution in [2.45, 2.75) is 25.4 Å². The van der Waals surface area contributed by atoms with Gasteiger partial charge in [0.25, 0.3) is 0 Å². The second kappa shape index (κ2) is 7.42. The topological polar surface area (TPSA) is 62.4 Å². The summed E-state index contributed by atoms with van der Waals surface area (Å²) in [4.78, 5) is 6.75. The van der Waals surface area contributed by atoms with E-state index in [0.29, 0.717) is 6.04 Å². The predicted octanol–water partition coefficient (Wildman–Crippen LogP) is 1.09. The lowest BCUT2D eigenvalue weighted by molar-refractivity contribution is 0.467. The number of rotatable bonds is 4. The van der Waals surface area contributed by atoms with Gasteiger partial charge in [0.1, 0.15) is 0 Å². The Morgan fingerprint density at radius 1 is 1.42 bits per heavy atom. The molecule has 1 unspecified atom stereocenters. The number of guanidine groups is 1. The molecule has 2 aromatic heterocycles. The molecule has 0 aliphatic carbocycles. The lowest BCUT2D eigenvalue weighted by atomic mass is 10.1. The standard InChI is InChI=1S/C17H27N7/c1-18-17(19-10-15-7-5-8-22(15)2)21-14-6-4-9-24(12-14)16-11-20-23(3)13-16/h5,7-8,11,13-14H,4,6,9-10,12H2,1-3H3,(H2,18,19,21). The highest BCUT2D eigenvalue weighted by Gasteiger charge is 2.21. The number of nitrogens with one attached hydrogen (secondary N) is 2. The van der Waals surface area contributed by atoms with E-state index < -0.39 is 0 Å². The zero-order valence-corrected chi connectivity index (χ0v) is 14.7. The molecule has 3 heterocycles. The third-order valence-corrected chi connectivity index (χ3v) is 4.53. The maximum Gasteiger partial charge on any atom is 0.191 e. The van der Waals surface area contributed by atoms with Crippen LogP contribution in [0.1, 0.15) is 18.5 Å². The Hall–Kier alpha value is -2.44. The van der Waals surface area contributed by atoms with E-state index in [1.54, 1.807) is 0 Å². The molecule has 1 fully saturated rings. The van der Waals surface area contributed by atoms with Gasteiger partial charge in [0.05, 0.1) is 18.4 Å². The largest absolute Gasteiger partial charge is 0.367 e. The van der Waals surface area contributed by atoms with Crippen molar-refractivity contribution in [2.75, 3.05) is 25.0 Å². The molecule has 0 spiro atoms.